The topological polar surface area (TPSA) is 115 Å². The Morgan fingerprint density at radius 3 is 2.40 bits per heavy atom. The number of esters is 1. The van der Waals surface area contributed by atoms with Gasteiger partial charge in [-0.1, -0.05) is 59.8 Å². The number of hydrogen-bond donors (Lipinski definition) is 2. The maximum absolute atomic E-state index is 14.7. The van der Waals surface area contributed by atoms with Gasteiger partial charge in [0, 0.05) is 37.4 Å². The van der Waals surface area contributed by atoms with Crippen LogP contribution in [0.25, 0.3) is 0 Å². The number of hydrogen-bond acceptors (Lipinski definition) is 9. The Morgan fingerprint density at radius 2 is 1.79 bits per heavy atom. The second-order valence-electron chi connectivity index (χ2n) is 17.6. The number of carbonyl (C=O) groups excluding carboxylic acids is 2. The van der Waals surface area contributed by atoms with Crippen molar-refractivity contribution in [3.05, 3.63) is 48.0 Å². The summed E-state index contributed by atoms with van der Waals surface area (Å²) >= 11 is 0. The van der Waals surface area contributed by atoms with Crippen molar-refractivity contribution in [2.75, 3.05) is 26.3 Å². The van der Waals surface area contributed by atoms with Gasteiger partial charge in [-0.15, -0.1) is 6.58 Å². The number of Topliss-reactive ketones (excluding diaryl/α,β-unsaturated/α-hetero) is 1. The van der Waals surface area contributed by atoms with Crippen LogP contribution < -0.4 is 0 Å². The van der Waals surface area contributed by atoms with Gasteiger partial charge in [0.05, 0.1) is 36.6 Å². The lowest BCUT2D eigenvalue weighted by Crippen LogP contribution is -2.87. The van der Waals surface area contributed by atoms with Crippen molar-refractivity contribution in [1.29, 1.82) is 0 Å². The van der Waals surface area contributed by atoms with Crippen LogP contribution in [0.1, 0.15) is 90.6 Å². The quantitative estimate of drug-likeness (QED) is 0.213. The second-order valence-corrected chi connectivity index (χ2v) is 22.4. The van der Waals surface area contributed by atoms with Gasteiger partial charge in [0.25, 0.3) is 0 Å². The fourth-order valence-electron chi connectivity index (χ4n) is 9.17. The molecule has 0 unspecified atom stereocenters. The van der Waals surface area contributed by atoms with Crippen molar-refractivity contribution >= 4 is 20.1 Å². The number of rotatable bonds is 7. The highest BCUT2D eigenvalue weighted by atomic mass is 28.4. The fourth-order valence-corrected chi connectivity index (χ4v) is 10.6. The first-order chi connectivity index (χ1) is 22.1. The predicted molar refractivity (Wildman–Crippen MR) is 187 cm³/mol. The maximum Gasteiger partial charge on any atom is 0.338 e. The molecule has 2 saturated heterocycles. The van der Waals surface area contributed by atoms with Crippen LogP contribution in [0.15, 0.2) is 36.9 Å². The molecule has 268 valence electrons. The first kappa shape index (κ1) is 37.3. The highest BCUT2D eigenvalue weighted by Gasteiger charge is 2.81. The highest BCUT2D eigenvalue weighted by molar-refractivity contribution is 6.74. The van der Waals surface area contributed by atoms with E-state index in [1.807, 2.05) is 19.1 Å². The number of nitrogens with zero attached hydrogens (tertiary/aromatic N) is 1. The minimum atomic E-state index is -2.42. The van der Waals surface area contributed by atoms with E-state index in [1.165, 1.54) is 0 Å². The summed E-state index contributed by atoms with van der Waals surface area (Å²) < 4.78 is 25.7. The molecule has 1 aromatic carbocycles. The van der Waals surface area contributed by atoms with Crippen molar-refractivity contribution in [2.24, 2.45) is 16.7 Å². The van der Waals surface area contributed by atoms with E-state index in [0.717, 1.165) is 18.7 Å². The lowest BCUT2D eigenvalue weighted by Gasteiger charge is -2.72. The molecule has 0 amide bonds. The molecule has 5 rings (SSSR count). The van der Waals surface area contributed by atoms with Crippen LogP contribution in [-0.4, -0.2) is 96.6 Å². The summed E-state index contributed by atoms with van der Waals surface area (Å²) in [5, 5.41) is 25.8. The molecule has 4 aliphatic rings. The van der Waals surface area contributed by atoms with E-state index in [-0.39, 0.29) is 11.5 Å². The van der Waals surface area contributed by atoms with Gasteiger partial charge in [-0.2, -0.15) is 0 Å². The molecular weight excluding hydrogens is 627 g/mol. The number of aliphatic hydroxyl groups is 2. The summed E-state index contributed by atoms with van der Waals surface area (Å²) in [5.41, 5.74) is -5.71. The standard InChI is InChI=1S/C38H59NO8Si/c1-12-35(7)23-27(40)38(43)36(8)28(46-48(10,11)33(2,3)4)16-17-34(5,6)30(36)29(41)31(37(38,9)47-35)45-32(42)26-15-13-14-25(22-26)24-39-18-20-44-21-19-39/h12-15,22,28-31,41,43H,1,16-21,23-24H2,2-11H3/t28-,29-,30-,31-,35-,36-,37+,38-/m0/s1. The molecular formula is C38H59NO8Si. The summed E-state index contributed by atoms with van der Waals surface area (Å²) in [5.74, 6) is -1.74. The minimum Gasteiger partial charge on any atom is -0.453 e. The summed E-state index contributed by atoms with van der Waals surface area (Å²) in [7, 11) is -2.42. The van der Waals surface area contributed by atoms with Crippen molar-refractivity contribution < 1.29 is 38.4 Å². The summed E-state index contributed by atoms with van der Waals surface area (Å²) in [6.45, 7) is 27.8. The Balaban J connectivity index is 1.60. The molecule has 2 heterocycles. The van der Waals surface area contributed by atoms with Crippen LogP contribution in [0.2, 0.25) is 18.1 Å². The molecule has 48 heavy (non-hydrogen) atoms. The molecule has 8 atom stereocenters. The number of carbonyl (C=O) groups is 2. The maximum atomic E-state index is 14.7. The van der Waals surface area contributed by atoms with Gasteiger partial charge in [-0.25, -0.2) is 4.79 Å². The predicted octanol–water partition coefficient (Wildman–Crippen LogP) is 5.68. The van der Waals surface area contributed by atoms with Crippen LogP contribution in [-0.2, 0) is 30.0 Å². The molecule has 1 aromatic rings. The number of fused-ring (bicyclic) bond motifs is 3. The van der Waals surface area contributed by atoms with Crippen LogP contribution in [0, 0.1) is 16.7 Å². The van der Waals surface area contributed by atoms with Crippen LogP contribution in [0.5, 0.6) is 0 Å². The number of benzene rings is 1. The van der Waals surface area contributed by atoms with Crippen molar-refractivity contribution in [1.82, 2.24) is 4.90 Å². The normalized spacial score (nSPS) is 38.9. The smallest absolute Gasteiger partial charge is 0.338 e. The zero-order valence-electron chi connectivity index (χ0n) is 30.9. The van der Waals surface area contributed by atoms with E-state index in [4.69, 9.17) is 18.6 Å². The Labute approximate surface area is 288 Å². The Kier molecular flexibility index (Phi) is 9.64. The van der Waals surface area contributed by atoms with Gasteiger partial charge >= 0.3 is 5.97 Å². The van der Waals surface area contributed by atoms with Gasteiger partial charge in [0.15, 0.2) is 25.8 Å². The molecule has 0 bridgehead atoms. The van der Waals surface area contributed by atoms with E-state index in [1.54, 1.807) is 32.1 Å². The minimum absolute atomic E-state index is 0.113. The van der Waals surface area contributed by atoms with Gasteiger partial charge in [0.1, 0.15) is 5.60 Å². The zero-order chi connectivity index (χ0) is 35.7. The lowest BCUT2D eigenvalue weighted by atomic mass is 9.40. The number of morpholine rings is 1. The largest absolute Gasteiger partial charge is 0.453 e. The van der Waals surface area contributed by atoms with Crippen molar-refractivity contribution in [2.45, 2.75) is 134 Å². The number of ketones is 1. The SMILES string of the molecule is C=C[C@@]1(C)CC(=O)[C@]2(O)[C@@]3(C)[C@@H](O[Si](C)(C)C(C)(C)C)CCC(C)(C)[C@@H]3[C@H](O)[C@H](OC(=O)c3cccc(CN4CCOCC4)c3)[C@@]2(C)O1. The third kappa shape index (κ3) is 5.87. The van der Waals surface area contributed by atoms with E-state index >= 15 is 0 Å². The van der Waals surface area contributed by atoms with Crippen LogP contribution in [0.3, 0.4) is 0 Å². The highest BCUT2D eigenvalue weighted by Crippen LogP contribution is 2.68. The molecule has 2 aliphatic heterocycles. The monoisotopic (exact) mass is 685 g/mol. The molecule has 0 radical (unpaired) electrons. The number of ether oxygens (including phenoxy) is 3. The molecule has 2 aliphatic carbocycles. The third-order valence-electron chi connectivity index (χ3n) is 12.8. The van der Waals surface area contributed by atoms with E-state index < -0.39 is 71.9 Å². The van der Waals surface area contributed by atoms with Crippen LogP contribution in [0.4, 0.5) is 0 Å². The Morgan fingerprint density at radius 1 is 1.15 bits per heavy atom. The Bertz CT molecular complexity index is 1420. The summed E-state index contributed by atoms with van der Waals surface area (Å²) in [6, 6.07) is 7.29. The molecule has 9 nitrogen and oxygen atoms in total. The molecule has 0 spiro atoms. The van der Waals surface area contributed by atoms with Crippen molar-refractivity contribution in [3.8, 4) is 0 Å². The number of aliphatic hydroxyl groups excluding tert-OH is 1. The fraction of sp³-hybridized carbons (Fsp3) is 0.737. The van der Waals surface area contributed by atoms with Crippen molar-refractivity contribution in [3.63, 3.8) is 0 Å². The molecule has 10 heteroatoms. The molecule has 4 fully saturated rings. The summed E-state index contributed by atoms with van der Waals surface area (Å²) in [4.78, 5) is 31.0. The van der Waals surface area contributed by atoms with Crippen LogP contribution >= 0.6 is 0 Å². The Hall–Kier alpha value is -1.92. The molecule has 2 saturated carbocycles. The average Bonchev–Trinajstić information content (AvgIpc) is 2.99. The first-order valence-corrected chi connectivity index (χ1v) is 20.5. The van der Waals surface area contributed by atoms with E-state index in [9.17, 15) is 19.8 Å². The third-order valence-corrected chi connectivity index (χ3v) is 17.3. The van der Waals surface area contributed by atoms with Gasteiger partial charge in [-0.05, 0) is 67.9 Å². The zero-order valence-corrected chi connectivity index (χ0v) is 31.9. The molecule has 0 aromatic heterocycles. The molecule has 2 N–H and O–H groups in total. The van der Waals surface area contributed by atoms with Gasteiger partial charge in [0.2, 0.25) is 0 Å². The van der Waals surface area contributed by atoms with Gasteiger partial charge < -0.3 is 28.8 Å². The second kappa shape index (κ2) is 12.4. The van der Waals surface area contributed by atoms with E-state index in [2.05, 4.69) is 59.2 Å². The first-order valence-electron chi connectivity index (χ1n) is 17.6. The lowest BCUT2D eigenvalue weighted by molar-refractivity contribution is -0.367. The summed E-state index contributed by atoms with van der Waals surface area (Å²) in [6.07, 6.45) is -0.460. The van der Waals surface area contributed by atoms with E-state index in [0.29, 0.717) is 38.2 Å². The van der Waals surface area contributed by atoms with Gasteiger partial charge in [-0.3, -0.25) is 9.69 Å². The average molecular weight is 686 g/mol.